The minimum absolute atomic E-state index is 0. The van der Waals surface area contributed by atoms with E-state index in [1.54, 1.807) is 21.1 Å². The van der Waals surface area contributed by atoms with E-state index in [-0.39, 0.29) is 18.3 Å². The summed E-state index contributed by atoms with van der Waals surface area (Å²) in [5.41, 5.74) is 0. The van der Waals surface area contributed by atoms with E-state index in [1.165, 1.54) is 0 Å². The van der Waals surface area contributed by atoms with Gasteiger partial charge >= 0.3 is 0 Å². The van der Waals surface area contributed by atoms with E-state index in [4.69, 9.17) is 16.7 Å². The summed E-state index contributed by atoms with van der Waals surface area (Å²) in [5, 5.41) is 18.4. The van der Waals surface area contributed by atoms with Crippen LogP contribution in [-0.4, -0.2) is 54.1 Å². The van der Waals surface area contributed by atoms with Gasteiger partial charge in [0.1, 0.15) is 6.10 Å². The van der Waals surface area contributed by atoms with Crippen LogP contribution in [0, 0.1) is 0 Å². The van der Waals surface area contributed by atoms with Crippen LogP contribution in [0.1, 0.15) is 0 Å². The molecule has 0 aliphatic carbocycles. The van der Waals surface area contributed by atoms with Gasteiger partial charge in [-0.3, -0.25) is 0 Å². The van der Waals surface area contributed by atoms with E-state index >= 15 is 0 Å². The summed E-state index contributed by atoms with van der Waals surface area (Å²) in [5.74, 6) is 0.0662. The number of halogens is 2. The topological polar surface area (TPSA) is 40.5 Å². The molecule has 0 heterocycles. The molecule has 0 rings (SSSR count). The van der Waals surface area contributed by atoms with Gasteiger partial charge in [-0.05, 0) is 0 Å². The molecule has 0 bridgehead atoms. The summed E-state index contributed by atoms with van der Waals surface area (Å²) < 4.78 is 0.299. The SMILES string of the molecule is C[N+](C)(C)C(O)C(O)CCl.[Cl-]. The lowest BCUT2D eigenvalue weighted by Crippen LogP contribution is -3.00. The smallest absolute Gasteiger partial charge is 0.217 e. The van der Waals surface area contributed by atoms with Crippen LogP contribution in [0.3, 0.4) is 0 Å². The van der Waals surface area contributed by atoms with Crippen LogP contribution >= 0.6 is 11.6 Å². The zero-order valence-corrected chi connectivity index (χ0v) is 8.47. The Balaban J connectivity index is 0. The van der Waals surface area contributed by atoms with Crippen molar-refractivity contribution in [2.24, 2.45) is 0 Å². The molecule has 3 nitrogen and oxygen atoms in total. The van der Waals surface area contributed by atoms with Crippen LogP contribution in [0.2, 0.25) is 0 Å². The highest BCUT2D eigenvalue weighted by Crippen LogP contribution is 2.05. The van der Waals surface area contributed by atoms with Crippen LogP contribution in [0.4, 0.5) is 0 Å². The summed E-state index contributed by atoms with van der Waals surface area (Å²) in [6.07, 6.45) is -1.65. The van der Waals surface area contributed by atoms with Gasteiger partial charge in [0.15, 0.2) is 0 Å². The van der Waals surface area contributed by atoms with Gasteiger partial charge in [0.25, 0.3) is 0 Å². The van der Waals surface area contributed by atoms with Crippen molar-refractivity contribution in [3.05, 3.63) is 0 Å². The minimum Gasteiger partial charge on any atom is -1.00 e. The summed E-state index contributed by atoms with van der Waals surface area (Å²) in [7, 11) is 5.38. The summed E-state index contributed by atoms with van der Waals surface area (Å²) >= 11 is 5.33. The standard InChI is InChI=1S/C6H15ClNO2.ClH/c1-8(2,3)6(10)5(9)4-7;/h5-6,9-10H,4H2,1-3H3;1H/q+1;/p-1. The highest BCUT2D eigenvalue weighted by molar-refractivity contribution is 6.18. The molecule has 70 valence electrons. The van der Waals surface area contributed by atoms with E-state index < -0.39 is 12.3 Å². The number of aliphatic hydroxyl groups excluding tert-OH is 2. The quantitative estimate of drug-likeness (QED) is 0.286. The van der Waals surface area contributed by atoms with E-state index in [2.05, 4.69) is 0 Å². The Morgan fingerprint density at radius 2 is 1.64 bits per heavy atom. The molecule has 11 heavy (non-hydrogen) atoms. The van der Waals surface area contributed by atoms with E-state index in [0.717, 1.165) is 0 Å². The highest BCUT2D eigenvalue weighted by Gasteiger charge is 2.27. The van der Waals surface area contributed by atoms with Crippen LogP contribution in [0.25, 0.3) is 0 Å². The maximum Gasteiger partial charge on any atom is 0.217 e. The minimum atomic E-state index is -0.846. The largest absolute Gasteiger partial charge is 1.00 e. The molecule has 2 atom stereocenters. The average molecular weight is 204 g/mol. The van der Waals surface area contributed by atoms with Crippen molar-refractivity contribution >= 4 is 11.6 Å². The van der Waals surface area contributed by atoms with Gasteiger partial charge in [0, 0.05) is 0 Å². The summed E-state index contributed by atoms with van der Waals surface area (Å²) in [6, 6.07) is 0. The number of rotatable bonds is 3. The van der Waals surface area contributed by atoms with E-state index in [0.29, 0.717) is 4.48 Å². The van der Waals surface area contributed by atoms with Crippen molar-refractivity contribution in [1.29, 1.82) is 0 Å². The van der Waals surface area contributed by atoms with E-state index in [1.807, 2.05) is 0 Å². The molecule has 0 saturated heterocycles. The fourth-order valence-corrected chi connectivity index (χ4v) is 0.755. The Morgan fingerprint density at radius 3 is 1.73 bits per heavy atom. The second kappa shape index (κ2) is 5.17. The molecule has 0 radical (unpaired) electrons. The molecule has 0 amide bonds. The molecule has 0 aromatic rings. The second-order valence-electron chi connectivity index (χ2n) is 3.25. The molecule has 0 saturated carbocycles. The van der Waals surface area contributed by atoms with Gasteiger partial charge < -0.3 is 27.1 Å². The lowest BCUT2D eigenvalue weighted by Gasteiger charge is -2.31. The first-order chi connectivity index (χ1) is 4.39. The van der Waals surface area contributed by atoms with Gasteiger partial charge in [0.2, 0.25) is 6.23 Å². The van der Waals surface area contributed by atoms with Crippen molar-refractivity contribution in [2.45, 2.75) is 12.3 Å². The molecular weight excluding hydrogens is 189 g/mol. The fourth-order valence-electron chi connectivity index (χ4n) is 0.596. The third-order valence-electron chi connectivity index (χ3n) is 1.30. The molecule has 0 aromatic carbocycles. The fraction of sp³-hybridized carbons (Fsp3) is 1.00. The number of hydrogen-bond donors (Lipinski definition) is 2. The predicted octanol–water partition coefficient (Wildman–Crippen LogP) is -3.39. The van der Waals surface area contributed by atoms with Crippen molar-refractivity contribution in [1.82, 2.24) is 0 Å². The van der Waals surface area contributed by atoms with Crippen molar-refractivity contribution in [3.63, 3.8) is 0 Å². The number of quaternary nitrogens is 1. The summed E-state index contributed by atoms with van der Waals surface area (Å²) in [4.78, 5) is 0. The zero-order chi connectivity index (χ0) is 8.36. The predicted molar refractivity (Wildman–Crippen MR) is 40.8 cm³/mol. The normalized spacial score (nSPS) is 16.9. The first kappa shape index (κ1) is 14.0. The number of nitrogens with zero attached hydrogens (tertiary/aromatic N) is 1. The molecule has 2 N–H and O–H groups in total. The zero-order valence-electron chi connectivity index (χ0n) is 6.96. The first-order valence-corrected chi connectivity index (χ1v) is 3.66. The van der Waals surface area contributed by atoms with Crippen molar-refractivity contribution in [2.75, 3.05) is 27.0 Å². The second-order valence-corrected chi connectivity index (χ2v) is 3.56. The van der Waals surface area contributed by atoms with Gasteiger partial charge in [-0.15, -0.1) is 11.6 Å². The van der Waals surface area contributed by atoms with Crippen LogP contribution in [0.15, 0.2) is 0 Å². The number of aliphatic hydroxyl groups is 2. The Morgan fingerprint density at radius 1 is 1.27 bits per heavy atom. The number of likely N-dealkylation sites (N-methyl/N-ethyl adjacent to an activating group) is 1. The Hall–Kier alpha value is 0.460. The Kier molecular flexibility index (Phi) is 6.58. The molecule has 0 fully saturated rings. The molecule has 5 heteroatoms. The molecule has 0 aliphatic heterocycles. The maximum atomic E-state index is 9.29. The monoisotopic (exact) mass is 203 g/mol. The Bertz CT molecular complexity index is 105. The molecular formula is C6H15Cl2NO2. The third kappa shape index (κ3) is 4.82. The number of alkyl halides is 1. The van der Waals surface area contributed by atoms with Gasteiger partial charge in [-0.25, -0.2) is 0 Å². The molecule has 2 unspecified atom stereocenters. The molecule has 0 aliphatic rings. The van der Waals surface area contributed by atoms with Crippen LogP contribution in [-0.2, 0) is 0 Å². The van der Waals surface area contributed by atoms with Crippen molar-refractivity contribution in [3.8, 4) is 0 Å². The van der Waals surface area contributed by atoms with Crippen molar-refractivity contribution < 1.29 is 27.1 Å². The average Bonchev–Trinajstić information content (AvgIpc) is 1.83. The van der Waals surface area contributed by atoms with Gasteiger partial charge in [-0.1, -0.05) is 0 Å². The number of hydrogen-bond acceptors (Lipinski definition) is 2. The van der Waals surface area contributed by atoms with Gasteiger partial charge in [-0.2, -0.15) is 0 Å². The van der Waals surface area contributed by atoms with Gasteiger partial charge in [0.05, 0.1) is 27.0 Å². The third-order valence-corrected chi connectivity index (χ3v) is 1.61. The summed E-state index contributed by atoms with van der Waals surface area (Å²) in [6.45, 7) is 0. The lowest BCUT2D eigenvalue weighted by molar-refractivity contribution is -0.922. The maximum absolute atomic E-state index is 9.29. The first-order valence-electron chi connectivity index (χ1n) is 3.13. The Labute approximate surface area is 78.6 Å². The highest BCUT2D eigenvalue weighted by atomic mass is 35.5. The lowest BCUT2D eigenvalue weighted by atomic mass is 10.3. The molecule has 0 spiro atoms. The van der Waals surface area contributed by atoms with Crippen LogP contribution < -0.4 is 12.4 Å². The molecule has 0 aromatic heterocycles. The van der Waals surface area contributed by atoms with E-state index in [9.17, 15) is 5.11 Å². The van der Waals surface area contributed by atoms with Crippen LogP contribution in [0.5, 0.6) is 0 Å².